The molecule has 2 atom stereocenters. The molecule has 0 radical (unpaired) electrons. The highest BCUT2D eigenvalue weighted by molar-refractivity contribution is 14.1. The highest BCUT2D eigenvalue weighted by Gasteiger charge is 2.41. The van der Waals surface area contributed by atoms with Gasteiger partial charge in [0, 0.05) is 94.5 Å². The van der Waals surface area contributed by atoms with Crippen molar-refractivity contribution >= 4 is 62.3 Å². The molecule has 5 aliphatic heterocycles. The van der Waals surface area contributed by atoms with Gasteiger partial charge in [-0.05, 0) is 114 Å². The molecule has 2 aromatic carbocycles. The summed E-state index contributed by atoms with van der Waals surface area (Å²) < 4.78 is 1.05. The number of fused-ring (bicyclic) bond motifs is 6. The van der Waals surface area contributed by atoms with Gasteiger partial charge in [0.25, 0.3) is 5.91 Å². The summed E-state index contributed by atoms with van der Waals surface area (Å²) in [6, 6.07) is 17.9. The fourth-order valence-corrected chi connectivity index (χ4v) is 10.4. The zero-order valence-electron chi connectivity index (χ0n) is 37.4. The third-order valence-electron chi connectivity index (χ3n) is 13.6. The molecule has 2 amide bonds. The van der Waals surface area contributed by atoms with E-state index in [1.54, 1.807) is 23.9 Å². The molecule has 6 heterocycles. The van der Waals surface area contributed by atoms with Gasteiger partial charge in [0.05, 0.1) is 39.9 Å². The summed E-state index contributed by atoms with van der Waals surface area (Å²) in [5, 5.41) is 17.2. The molecule has 8 bridgehead atoms. The number of amides is 2. The molecule has 1 saturated heterocycles. The van der Waals surface area contributed by atoms with Crippen molar-refractivity contribution in [3.05, 3.63) is 168 Å². The molecule has 64 heavy (non-hydrogen) atoms. The number of rotatable bonds is 10. The highest BCUT2D eigenvalue weighted by atomic mass is 127. The van der Waals surface area contributed by atoms with Gasteiger partial charge >= 0.3 is 0 Å². The number of benzene rings is 2. The average Bonchev–Trinajstić information content (AvgIpc) is 4.05. The van der Waals surface area contributed by atoms with Gasteiger partial charge in [0.15, 0.2) is 0 Å². The van der Waals surface area contributed by atoms with E-state index in [-0.39, 0.29) is 23.7 Å². The van der Waals surface area contributed by atoms with E-state index in [9.17, 15) is 14.7 Å². The number of aliphatic imine (C=N–C) groups is 3. The fourth-order valence-electron chi connectivity index (χ4n) is 9.74. The van der Waals surface area contributed by atoms with E-state index in [1.807, 2.05) is 67.6 Å². The minimum Gasteiger partial charge on any atom is -0.511 e. The van der Waals surface area contributed by atoms with Crippen molar-refractivity contribution in [2.45, 2.75) is 60.3 Å². The van der Waals surface area contributed by atoms with Gasteiger partial charge in [-0.25, -0.2) is 20.0 Å². The van der Waals surface area contributed by atoms with Gasteiger partial charge in [-0.15, -0.1) is 0 Å². The van der Waals surface area contributed by atoms with Crippen molar-refractivity contribution in [1.82, 2.24) is 20.1 Å². The molecule has 324 valence electrons. The third kappa shape index (κ3) is 7.46. The highest BCUT2D eigenvalue weighted by Crippen LogP contribution is 2.46. The lowest BCUT2D eigenvalue weighted by Gasteiger charge is -2.24. The van der Waals surface area contributed by atoms with Crippen molar-refractivity contribution in [3.63, 3.8) is 0 Å². The van der Waals surface area contributed by atoms with Gasteiger partial charge in [0.2, 0.25) is 5.91 Å². The Kier molecular flexibility index (Phi) is 11.5. The number of carbonyl (C=O) groups is 2. The molecule has 2 N–H and O–H groups in total. The van der Waals surface area contributed by atoms with Gasteiger partial charge < -0.3 is 20.2 Å². The Balaban J connectivity index is 0.971. The summed E-state index contributed by atoms with van der Waals surface area (Å²) in [7, 11) is 3.56. The topological polar surface area (TPSA) is 123 Å². The Morgan fingerprint density at radius 1 is 0.922 bits per heavy atom. The van der Waals surface area contributed by atoms with Crippen molar-refractivity contribution in [2.24, 2.45) is 26.8 Å². The Hall–Kier alpha value is -6.21. The minimum atomic E-state index is -0.202. The number of hydrogen-bond donors (Lipinski definition) is 2. The van der Waals surface area contributed by atoms with Crippen LogP contribution >= 0.6 is 22.6 Å². The van der Waals surface area contributed by atoms with Crippen LogP contribution in [0.25, 0.3) is 22.0 Å². The zero-order chi connectivity index (χ0) is 45.1. The second-order valence-electron chi connectivity index (χ2n) is 17.4. The summed E-state index contributed by atoms with van der Waals surface area (Å²) in [5.41, 5.74) is 16.0. The van der Waals surface area contributed by atoms with E-state index in [0.29, 0.717) is 43.8 Å². The fraction of sp³-hybridized carbons (Fsp3) is 0.283. The van der Waals surface area contributed by atoms with Crippen molar-refractivity contribution in [2.75, 3.05) is 27.2 Å². The number of nitrogens with zero attached hydrogens (tertiary/aromatic N) is 6. The molecular weight excluding hydrogens is 910 g/mol. The average molecular weight is 962 g/mol. The molecule has 0 spiro atoms. The first kappa shape index (κ1) is 43.1. The zero-order valence-corrected chi connectivity index (χ0v) is 39.6. The van der Waals surface area contributed by atoms with Crippen LogP contribution in [0.2, 0.25) is 0 Å². The number of likely N-dealkylation sites (N-methyl/N-ethyl adjacent to an activating group) is 2. The number of carbonyl (C=O) groups excluding carboxylic acids is 2. The quantitative estimate of drug-likeness (QED) is 0.196. The number of hydrogen-bond acceptors (Lipinski definition) is 8. The molecule has 0 unspecified atom stereocenters. The van der Waals surface area contributed by atoms with E-state index in [4.69, 9.17) is 20.0 Å². The number of aliphatic hydroxyl groups is 1. The van der Waals surface area contributed by atoms with Crippen LogP contribution in [0.4, 0.5) is 0 Å². The van der Waals surface area contributed by atoms with Crippen LogP contribution in [0.15, 0.2) is 174 Å². The first-order chi connectivity index (χ1) is 30.8. The predicted octanol–water partition coefficient (Wildman–Crippen LogP) is 10.7. The first-order valence-corrected chi connectivity index (χ1v) is 23.1. The van der Waals surface area contributed by atoms with E-state index in [2.05, 4.69) is 80.4 Å². The third-order valence-corrected chi connectivity index (χ3v) is 14.5. The van der Waals surface area contributed by atoms with Crippen LogP contribution in [0.1, 0.15) is 70.8 Å². The molecule has 6 aliphatic rings. The Bertz CT molecular complexity index is 2980. The molecule has 9 rings (SSSR count). The van der Waals surface area contributed by atoms with Gasteiger partial charge in [-0.1, -0.05) is 69.0 Å². The standard InChI is InChI=1S/C53H52IN7O3/c1-9-33-28(3)40-25-42-30(5)35(50(57-42)38-24-47(62)49-31(6)43(58-52(38)49)27-45-34(10-2)29(4)41(56-45)26-44(33)55-40)19-20-48(63)60(7)21-22-61(8)53(64)46-23-32-15-11-12-16-36(32)51(59-46)37-17-13-14-18-39(37)54/h9,11-18,23,25-27,30,35,57,62H,1,10,19-22,24H2,2-8H3/t30-,35-/m0/s1. The Morgan fingerprint density at radius 2 is 1.64 bits per heavy atom. The number of halogens is 1. The van der Waals surface area contributed by atoms with Crippen LogP contribution < -0.4 is 5.32 Å². The maximum absolute atomic E-state index is 14.0. The molecule has 11 heteroatoms. The van der Waals surface area contributed by atoms with Crippen LogP contribution in [-0.2, 0) is 4.79 Å². The Labute approximate surface area is 388 Å². The lowest BCUT2D eigenvalue weighted by atomic mass is 9.86. The molecule has 10 nitrogen and oxygen atoms in total. The summed E-state index contributed by atoms with van der Waals surface area (Å²) in [5.74, 6) is 0.0445. The molecular formula is C53H52IN7O3. The summed E-state index contributed by atoms with van der Waals surface area (Å²) in [4.78, 5) is 51.6. The lowest BCUT2D eigenvalue weighted by Crippen LogP contribution is -2.37. The van der Waals surface area contributed by atoms with Crippen LogP contribution in [0.5, 0.6) is 0 Å². The van der Waals surface area contributed by atoms with E-state index >= 15 is 0 Å². The molecule has 3 aromatic rings. The lowest BCUT2D eigenvalue weighted by molar-refractivity contribution is -0.130. The number of pyridine rings is 1. The van der Waals surface area contributed by atoms with Gasteiger partial charge in [-0.3, -0.25) is 9.59 Å². The minimum absolute atomic E-state index is 0.00793. The SMILES string of the molecule is C=CC1=C(C)C2=NC1=CC1=NC(=CC3=C(C)C4=C(O)CC(=C5NC(=C2)[C@@H](C)[C@@H]5CCC(=O)N(C)CCN(C)C(=O)c2cc5ccccc5c(-c5ccccc5I)n2)C4=N3)C(CC)=C1C. The molecule has 1 aromatic heterocycles. The largest absolute Gasteiger partial charge is 0.511 e. The second kappa shape index (κ2) is 17.1. The first-order valence-electron chi connectivity index (χ1n) is 22.0. The van der Waals surface area contributed by atoms with Crippen LogP contribution in [0.3, 0.4) is 0 Å². The maximum Gasteiger partial charge on any atom is 0.272 e. The molecule has 1 fully saturated rings. The van der Waals surface area contributed by atoms with Crippen molar-refractivity contribution in [3.8, 4) is 11.3 Å². The van der Waals surface area contributed by atoms with E-state index < -0.39 is 0 Å². The summed E-state index contributed by atoms with van der Waals surface area (Å²) >= 11 is 2.31. The maximum atomic E-state index is 14.0. The number of aromatic nitrogens is 1. The number of allylic oxidation sites excluding steroid dienone is 12. The normalized spacial score (nSPS) is 20.1. The Morgan fingerprint density at radius 3 is 2.41 bits per heavy atom. The summed E-state index contributed by atoms with van der Waals surface area (Å²) in [6.07, 6.45) is 10.1. The van der Waals surface area contributed by atoms with E-state index in [0.717, 1.165) is 117 Å². The van der Waals surface area contributed by atoms with Crippen LogP contribution in [0, 0.1) is 15.4 Å². The summed E-state index contributed by atoms with van der Waals surface area (Å²) in [6.45, 7) is 15.4. The van der Waals surface area contributed by atoms with Crippen LogP contribution in [-0.4, -0.2) is 76.0 Å². The molecule has 0 saturated carbocycles. The predicted molar refractivity (Wildman–Crippen MR) is 266 cm³/mol. The second-order valence-corrected chi connectivity index (χ2v) is 18.5. The van der Waals surface area contributed by atoms with Crippen molar-refractivity contribution < 1.29 is 14.7 Å². The smallest absolute Gasteiger partial charge is 0.272 e. The number of aliphatic hydroxyl groups excluding tert-OH is 1. The van der Waals surface area contributed by atoms with Crippen molar-refractivity contribution in [1.29, 1.82) is 0 Å². The van der Waals surface area contributed by atoms with Gasteiger partial charge in [0.1, 0.15) is 11.5 Å². The van der Waals surface area contributed by atoms with E-state index in [1.165, 1.54) is 0 Å². The monoisotopic (exact) mass is 961 g/mol. The number of nitrogens with one attached hydrogen (secondary N) is 1. The molecule has 1 aliphatic carbocycles. The van der Waals surface area contributed by atoms with Gasteiger partial charge in [-0.2, -0.15) is 0 Å².